The van der Waals surface area contributed by atoms with E-state index in [2.05, 4.69) is 15.6 Å². The zero-order valence-electron chi connectivity index (χ0n) is 11.3. The third-order valence-electron chi connectivity index (χ3n) is 2.62. The summed E-state index contributed by atoms with van der Waals surface area (Å²) in [5.74, 6) is -0.106. The second kappa shape index (κ2) is 6.28. The van der Waals surface area contributed by atoms with Crippen LogP contribution in [0, 0.1) is 0 Å². The maximum atomic E-state index is 11.8. The minimum absolute atomic E-state index is 0.0372. The minimum atomic E-state index is -0.639. The first kappa shape index (κ1) is 15.5. The summed E-state index contributed by atoms with van der Waals surface area (Å²) in [7, 11) is 0. The van der Waals surface area contributed by atoms with Crippen LogP contribution in [-0.4, -0.2) is 20.8 Å². The van der Waals surface area contributed by atoms with E-state index in [0.717, 1.165) is 10.4 Å². The summed E-state index contributed by atoms with van der Waals surface area (Å²) in [5, 5.41) is 9.88. The Morgan fingerprint density at radius 1 is 1.48 bits per heavy atom. The van der Waals surface area contributed by atoms with E-state index in [-0.39, 0.29) is 28.4 Å². The highest BCUT2D eigenvalue weighted by Gasteiger charge is 2.13. The molecule has 21 heavy (non-hydrogen) atoms. The van der Waals surface area contributed by atoms with Crippen LogP contribution in [-0.2, 0) is 11.3 Å². The van der Waals surface area contributed by atoms with Gasteiger partial charge >= 0.3 is 0 Å². The number of nitrogens with zero attached hydrogens (tertiary/aromatic N) is 3. The molecule has 7 nitrogen and oxygen atoms in total. The predicted octanol–water partition coefficient (Wildman–Crippen LogP) is 2.30. The molecule has 0 spiro atoms. The molecule has 2 aromatic rings. The van der Waals surface area contributed by atoms with Crippen molar-refractivity contribution in [2.24, 2.45) is 0 Å². The third-order valence-corrected chi connectivity index (χ3v) is 3.37. The molecule has 0 aromatic carbocycles. The maximum absolute atomic E-state index is 11.8. The molecule has 0 saturated heterocycles. The van der Waals surface area contributed by atoms with E-state index in [4.69, 9.17) is 27.7 Å². The van der Waals surface area contributed by atoms with Gasteiger partial charge in [-0.3, -0.25) is 14.9 Å². The normalized spacial score (nSPS) is 10.9. The Balaban J connectivity index is 2.08. The van der Waals surface area contributed by atoms with Crippen LogP contribution in [0.4, 0.5) is 5.88 Å². The lowest BCUT2D eigenvalue weighted by molar-refractivity contribution is -0.117. The second-order valence-electron chi connectivity index (χ2n) is 4.59. The third kappa shape index (κ3) is 3.62. The van der Waals surface area contributed by atoms with Gasteiger partial charge in [-0.15, -0.1) is 0 Å². The Hall–Kier alpha value is -1.86. The molecule has 0 fully saturated rings. The molecule has 2 rings (SSSR count). The van der Waals surface area contributed by atoms with Crippen molar-refractivity contribution in [3.63, 3.8) is 0 Å². The molecule has 2 heterocycles. The highest BCUT2D eigenvalue weighted by atomic mass is 35.5. The van der Waals surface area contributed by atoms with Crippen molar-refractivity contribution in [2.45, 2.75) is 26.3 Å². The SMILES string of the molecule is CC(C)c1cc(NC(=O)Cn2ncc(Cl)c(Cl)c2=O)on1. The van der Waals surface area contributed by atoms with Crippen LogP contribution >= 0.6 is 23.2 Å². The number of carbonyl (C=O) groups is 1. The van der Waals surface area contributed by atoms with Gasteiger partial charge in [-0.2, -0.15) is 5.10 Å². The van der Waals surface area contributed by atoms with Crippen molar-refractivity contribution in [3.8, 4) is 0 Å². The summed E-state index contributed by atoms with van der Waals surface area (Å²) < 4.78 is 5.88. The van der Waals surface area contributed by atoms with E-state index < -0.39 is 11.5 Å². The molecule has 112 valence electrons. The molecule has 0 aliphatic heterocycles. The first-order chi connectivity index (χ1) is 9.88. The second-order valence-corrected chi connectivity index (χ2v) is 5.37. The quantitative estimate of drug-likeness (QED) is 0.928. The summed E-state index contributed by atoms with van der Waals surface area (Å²) in [6.45, 7) is 3.58. The van der Waals surface area contributed by atoms with Gasteiger partial charge in [-0.05, 0) is 5.92 Å². The summed E-state index contributed by atoms with van der Waals surface area (Å²) in [4.78, 5) is 23.6. The average molecular weight is 331 g/mol. The van der Waals surface area contributed by atoms with Crippen LogP contribution in [0.1, 0.15) is 25.5 Å². The highest BCUT2D eigenvalue weighted by Crippen LogP contribution is 2.17. The number of rotatable bonds is 4. The first-order valence-corrected chi connectivity index (χ1v) is 6.81. The van der Waals surface area contributed by atoms with Gasteiger partial charge in [0.1, 0.15) is 11.6 Å². The molecule has 9 heteroatoms. The molecule has 0 unspecified atom stereocenters. The van der Waals surface area contributed by atoms with Crippen LogP contribution in [0.25, 0.3) is 0 Å². The Bertz CT molecular complexity index is 724. The number of hydrogen-bond acceptors (Lipinski definition) is 5. The molecular weight excluding hydrogens is 319 g/mol. The van der Waals surface area contributed by atoms with E-state index in [1.165, 1.54) is 6.20 Å². The molecule has 2 aromatic heterocycles. The van der Waals surface area contributed by atoms with Crippen LogP contribution in [0.3, 0.4) is 0 Å². The van der Waals surface area contributed by atoms with Gasteiger partial charge in [-0.1, -0.05) is 42.2 Å². The number of hydrogen-bond donors (Lipinski definition) is 1. The monoisotopic (exact) mass is 330 g/mol. The Morgan fingerprint density at radius 3 is 2.81 bits per heavy atom. The van der Waals surface area contributed by atoms with Crippen molar-refractivity contribution in [1.82, 2.24) is 14.9 Å². The molecule has 0 atom stereocenters. The topological polar surface area (TPSA) is 90.0 Å². The molecule has 1 N–H and O–H groups in total. The van der Waals surface area contributed by atoms with Gasteiger partial charge in [0.2, 0.25) is 11.8 Å². The fourth-order valence-corrected chi connectivity index (χ4v) is 1.76. The maximum Gasteiger partial charge on any atom is 0.287 e. The molecule has 0 bridgehead atoms. The molecule has 0 radical (unpaired) electrons. The van der Waals surface area contributed by atoms with Crippen molar-refractivity contribution in [1.29, 1.82) is 0 Å². The molecule has 0 saturated carbocycles. The lowest BCUT2D eigenvalue weighted by Gasteiger charge is -2.04. The highest BCUT2D eigenvalue weighted by molar-refractivity contribution is 6.41. The van der Waals surface area contributed by atoms with Gasteiger partial charge in [0.15, 0.2) is 0 Å². The van der Waals surface area contributed by atoms with Crippen LogP contribution < -0.4 is 10.9 Å². The lowest BCUT2D eigenvalue weighted by Crippen LogP contribution is -2.29. The molecular formula is C12H12Cl2N4O3. The predicted molar refractivity (Wildman–Crippen MR) is 77.7 cm³/mol. The van der Waals surface area contributed by atoms with Gasteiger partial charge in [-0.25, -0.2) is 4.68 Å². The number of amides is 1. The zero-order chi connectivity index (χ0) is 15.6. The van der Waals surface area contributed by atoms with E-state index in [9.17, 15) is 9.59 Å². The summed E-state index contributed by atoms with van der Waals surface area (Å²) in [6.07, 6.45) is 1.20. The fraction of sp³-hybridized carbons (Fsp3) is 0.333. The van der Waals surface area contributed by atoms with Crippen LogP contribution in [0.2, 0.25) is 10.0 Å². The summed E-state index contributed by atoms with van der Waals surface area (Å²) >= 11 is 11.4. The minimum Gasteiger partial charge on any atom is -0.338 e. The average Bonchev–Trinajstić information content (AvgIpc) is 2.88. The number of halogens is 2. The summed E-state index contributed by atoms with van der Waals surface area (Å²) in [6, 6.07) is 1.62. The molecule has 1 amide bonds. The van der Waals surface area contributed by atoms with E-state index in [0.29, 0.717) is 0 Å². The van der Waals surface area contributed by atoms with Gasteiger partial charge in [0.25, 0.3) is 5.56 Å². The standard InChI is InChI=1S/C12H12Cl2N4O3/c1-6(2)8-3-10(21-17-8)16-9(19)5-18-12(20)11(14)7(13)4-15-18/h3-4,6H,5H2,1-2H3,(H,16,19). The number of nitrogens with one attached hydrogen (secondary N) is 1. The first-order valence-electron chi connectivity index (χ1n) is 6.06. The smallest absolute Gasteiger partial charge is 0.287 e. The van der Waals surface area contributed by atoms with Crippen LogP contribution in [0.15, 0.2) is 21.6 Å². The van der Waals surface area contributed by atoms with E-state index in [1.807, 2.05) is 13.8 Å². The fourth-order valence-electron chi connectivity index (χ4n) is 1.49. The number of anilines is 1. The largest absolute Gasteiger partial charge is 0.338 e. The van der Waals surface area contributed by atoms with E-state index in [1.54, 1.807) is 6.07 Å². The van der Waals surface area contributed by atoms with Crippen molar-refractivity contribution >= 4 is 35.0 Å². The Kier molecular flexibility index (Phi) is 4.64. The zero-order valence-corrected chi connectivity index (χ0v) is 12.8. The van der Waals surface area contributed by atoms with E-state index >= 15 is 0 Å². The molecule has 0 aliphatic rings. The van der Waals surface area contributed by atoms with Crippen LogP contribution in [0.5, 0.6) is 0 Å². The Morgan fingerprint density at radius 2 is 2.19 bits per heavy atom. The van der Waals surface area contributed by atoms with Gasteiger partial charge in [0, 0.05) is 6.07 Å². The number of carbonyl (C=O) groups excluding carboxylic acids is 1. The number of aromatic nitrogens is 3. The van der Waals surface area contributed by atoms with Crippen molar-refractivity contribution in [3.05, 3.63) is 38.4 Å². The van der Waals surface area contributed by atoms with Crippen molar-refractivity contribution in [2.75, 3.05) is 5.32 Å². The summed E-state index contributed by atoms with van der Waals surface area (Å²) in [5.41, 5.74) is 0.0786. The van der Waals surface area contributed by atoms with Gasteiger partial charge in [0.05, 0.1) is 16.9 Å². The lowest BCUT2D eigenvalue weighted by atomic mass is 10.1. The van der Waals surface area contributed by atoms with Gasteiger partial charge < -0.3 is 4.52 Å². The van der Waals surface area contributed by atoms with Crippen molar-refractivity contribution < 1.29 is 9.32 Å². The molecule has 0 aliphatic carbocycles. The Labute approximate surface area is 129 Å².